The average Bonchev–Trinajstić information content (AvgIpc) is 3.80. The molecule has 0 bridgehead atoms. The van der Waals surface area contributed by atoms with Gasteiger partial charge in [0.15, 0.2) is 5.65 Å². The fraction of sp³-hybridized carbons (Fsp3) is 0.476. The number of carbonyl (C=O) groups is 4. The predicted molar refractivity (Wildman–Crippen MR) is 228 cm³/mol. The van der Waals surface area contributed by atoms with Crippen LogP contribution in [0.25, 0.3) is 16.7 Å². The number of piperidine rings is 2. The van der Waals surface area contributed by atoms with E-state index in [2.05, 4.69) is 36.2 Å². The van der Waals surface area contributed by atoms with Gasteiger partial charge in [-0.2, -0.15) is 9.61 Å². The van der Waals surface area contributed by atoms with Gasteiger partial charge in [0.1, 0.15) is 28.9 Å². The quantitative estimate of drug-likeness (QED) is 0.165. The van der Waals surface area contributed by atoms with E-state index in [0.717, 1.165) is 55.7 Å². The number of pyridine rings is 1. The molecule has 4 fully saturated rings. The summed E-state index contributed by atoms with van der Waals surface area (Å²) < 4.78 is 11.8. The van der Waals surface area contributed by atoms with Crippen LogP contribution in [0.5, 0.6) is 0 Å². The molecule has 5 aromatic rings. The van der Waals surface area contributed by atoms with E-state index in [-0.39, 0.29) is 59.5 Å². The van der Waals surface area contributed by atoms with Crippen LogP contribution in [-0.2, 0) is 34.5 Å². The first-order valence-electron chi connectivity index (χ1n) is 21.2. The number of methoxy groups -OCH3 is 1. The number of ether oxygens (including phenoxy) is 1. The maximum Gasteiger partial charge on any atom is 0.329 e. The number of imidazole rings is 1. The van der Waals surface area contributed by atoms with Gasteiger partial charge >= 0.3 is 11.7 Å². The molecular weight excluding hydrogens is 799 g/mol. The van der Waals surface area contributed by atoms with Gasteiger partial charge in [0, 0.05) is 84.1 Å². The number of nitrogens with zero attached hydrogens (tertiary/aromatic N) is 9. The maximum atomic E-state index is 13.8. The third-order valence-electron chi connectivity index (χ3n) is 13.6. The number of carbonyl (C=O) groups excluding carboxylic acids is 4. The zero-order valence-electron chi connectivity index (χ0n) is 34.8. The van der Waals surface area contributed by atoms with E-state index >= 15 is 0 Å². The molecule has 5 aliphatic rings. The number of hydrogen-bond donors (Lipinski definition) is 4. The van der Waals surface area contributed by atoms with E-state index < -0.39 is 11.9 Å². The van der Waals surface area contributed by atoms with Gasteiger partial charge in [-0.15, -0.1) is 0 Å². The SMILES string of the molecule is CNc1cc(Nc2ccc3n(c2=O)CCN(C(=O)N2CC4(CCN(c5cccc6c5n(C)c(=O)n6C5CCC(=O)NC5=O)CC4)C2)C3)nc2c(C(=O)N[C@@H]3CC[C@H]3OC)cnn12. The highest BCUT2D eigenvalue weighted by Gasteiger charge is 2.48. The molecule has 4 aromatic heterocycles. The number of anilines is 4. The van der Waals surface area contributed by atoms with Crippen molar-refractivity contribution in [3.8, 4) is 0 Å². The largest absolute Gasteiger partial charge is 0.379 e. The molecule has 8 heterocycles. The molecule has 10 rings (SSSR count). The van der Waals surface area contributed by atoms with Crippen molar-refractivity contribution < 1.29 is 23.9 Å². The first-order chi connectivity index (χ1) is 30.0. The van der Waals surface area contributed by atoms with Gasteiger partial charge in [-0.25, -0.2) is 14.6 Å². The normalized spacial score (nSPS) is 22.0. The van der Waals surface area contributed by atoms with Gasteiger partial charge in [-0.3, -0.25) is 33.6 Å². The minimum absolute atomic E-state index is 0.00513. The third-order valence-corrected chi connectivity index (χ3v) is 13.6. The van der Waals surface area contributed by atoms with Gasteiger partial charge in [-0.05, 0) is 56.4 Å². The van der Waals surface area contributed by atoms with E-state index in [4.69, 9.17) is 4.74 Å². The Morgan fingerprint density at radius 1 is 0.968 bits per heavy atom. The number of fused-ring (bicyclic) bond motifs is 3. The van der Waals surface area contributed by atoms with Crippen LogP contribution < -0.4 is 37.4 Å². The Bertz CT molecular complexity index is 2790. The monoisotopic (exact) mass is 847 g/mol. The van der Waals surface area contributed by atoms with Gasteiger partial charge in [0.05, 0.1) is 41.6 Å². The van der Waals surface area contributed by atoms with Crippen molar-refractivity contribution >= 4 is 63.4 Å². The Hall–Kier alpha value is -6.70. The molecule has 62 heavy (non-hydrogen) atoms. The van der Waals surface area contributed by atoms with E-state index in [0.29, 0.717) is 66.8 Å². The lowest BCUT2D eigenvalue weighted by atomic mass is 9.72. The Kier molecular flexibility index (Phi) is 9.56. The molecule has 1 spiro atoms. The van der Waals surface area contributed by atoms with Crippen molar-refractivity contribution in [1.29, 1.82) is 0 Å². The number of para-hydroxylation sites is 1. The van der Waals surface area contributed by atoms with Crippen LogP contribution in [0, 0.1) is 5.41 Å². The van der Waals surface area contributed by atoms with Crippen molar-refractivity contribution in [2.75, 3.05) is 62.4 Å². The summed E-state index contributed by atoms with van der Waals surface area (Å²) in [6.07, 6.45) is 5.40. The molecule has 1 unspecified atom stereocenters. The minimum atomic E-state index is -0.746. The van der Waals surface area contributed by atoms with Crippen LogP contribution in [-0.4, -0.2) is 121 Å². The molecule has 324 valence electrons. The number of aryl methyl sites for hydroxylation is 1. The fourth-order valence-corrected chi connectivity index (χ4v) is 9.96. The van der Waals surface area contributed by atoms with Crippen LogP contribution in [0.15, 0.2) is 52.2 Å². The summed E-state index contributed by atoms with van der Waals surface area (Å²) in [4.78, 5) is 89.6. The number of rotatable bonds is 8. The summed E-state index contributed by atoms with van der Waals surface area (Å²) >= 11 is 0. The molecule has 1 aliphatic carbocycles. The standard InChI is InChI=1S/C42H49N13O7/c1-43-33-19-32(47-36-25(20-44-55(33)36)37(57)46-26-9-11-31(26)62-3)45-27-8-7-24-21-51(17-18-53(24)39(27)59)41(61)52-22-42(23-52)13-15-50(16-14-42)28-5-4-6-29-35(28)49(2)40(60)54(29)30-10-12-34(56)48-38(30)58/h4-8,19-20,26,30-31,43H,9-18,21-23H2,1-3H3,(H,45,47)(H,46,57)(H,48,56,58)/t26-,30?,31-/m1/s1. The number of likely N-dealkylation sites (tertiary alicyclic amines) is 1. The van der Waals surface area contributed by atoms with Crippen molar-refractivity contribution in [2.24, 2.45) is 12.5 Å². The number of imide groups is 1. The summed E-state index contributed by atoms with van der Waals surface area (Å²) in [6.45, 7) is 3.85. The maximum absolute atomic E-state index is 13.8. The molecular formula is C42H49N13O7. The highest BCUT2D eigenvalue weighted by Crippen LogP contribution is 2.43. The summed E-state index contributed by atoms with van der Waals surface area (Å²) in [7, 11) is 5.09. The van der Waals surface area contributed by atoms with Gasteiger partial charge in [0.2, 0.25) is 11.8 Å². The van der Waals surface area contributed by atoms with E-state index in [1.165, 1.54) is 10.8 Å². The first kappa shape index (κ1) is 39.4. The number of nitrogens with one attached hydrogen (secondary N) is 4. The smallest absolute Gasteiger partial charge is 0.329 e. The fourth-order valence-electron chi connectivity index (χ4n) is 9.96. The van der Waals surface area contributed by atoms with E-state index in [9.17, 15) is 28.8 Å². The molecule has 4 N–H and O–H groups in total. The molecule has 1 aromatic carbocycles. The van der Waals surface area contributed by atoms with E-state index in [1.54, 1.807) is 51.9 Å². The van der Waals surface area contributed by atoms with Crippen LogP contribution in [0.4, 0.5) is 27.8 Å². The number of hydrogen-bond acceptors (Lipinski definition) is 12. The van der Waals surface area contributed by atoms with Crippen molar-refractivity contribution in [3.05, 3.63) is 74.7 Å². The topological polar surface area (TPSA) is 214 Å². The Morgan fingerprint density at radius 2 is 1.77 bits per heavy atom. The van der Waals surface area contributed by atoms with Crippen LogP contribution in [0.2, 0.25) is 0 Å². The predicted octanol–water partition coefficient (Wildman–Crippen LogP) is 1.75. The van der Waals surface area contributed by atoms with Crippen molar-refractivity contribution in [2.45, 2.75) is 69.8 Å². The lowest BCUT2D eigenvalue weighted by molar-refractivity contribution is -0.135. The Labute approximate surface area is 354 Å². The Morgan fingerprint density at radius 3 is 2.50 bits per heavy atom. The summed E-state index contributed by atoms with van der Waals surface area (Å²) in [5.41, 5.74) is 3.51. The summed E-state index contributed by atoms with van der Waals surface area (Å²) in [6, 6.07) is 10.2. The highest BCUT2D eigenvalue weighted by atomic mass is 16.5. The van der Waals surface area contributed by atoms with Crippen LogP contribution in [0.3, 0.4) is 0 Å². The Balaban J connectivity index is 0.777. The lowest BCUT2D eigenvalue weighted by Crippen LogP contribution is -2.64. The summed E-state index contributed by atoms with van der Waals surface area (Å²) in [5, 5.41) is 16.0. The minimum Gasteiger partial charge on any atom is -0.379 e. The number of amides is 5. The molecule has 3 saturated heterocycles. The first-order valence-corrected chi connectivity index (χ1v) is 21.2. The zero-order chi connectivity index (χ0) is 43.0. The second-order valence-corrected chi connectivity index (χ2v) is 17.2. The van der Waals surface area contributed by atoms with Crippen LogP contribution in [0.1, 0.15) is 60.6 Å². The molecule has 0 radical (unpaired) electrons. The summed E-state index contributed by atoms with van der Waals surface area (Å²) in [5.74, 6) is -0.143. The zero-order valence-corrected chi connectivity index (χ0v) is 34.8. The number of urea groups is 1. The molecule has 3 atom stereocenters. The third kappa shape index (κ3) is 6.45. The van der Waals surface area contributed by atoms with Gasteiger partial charge in [-0.1, -0.05) is 6.07 Å². The number of aromatic nitrogens is 6. The molecule has 5 amide bonds. The second kappa shape index (κ2) is 15.0. The number of benzene rings is 1. The highest BCUT2D eigenvalue weighted by molar-refractivity contribution is 6.01. The van der Waals surface area contributed by atoms with Crippen molar-refractivity contribution in [3.63, 3.8) is 0 Å². The average molecular weight is 848 g/mol. The molecule has 1 saturated carbocycles. The van der Waals surface area contributed by atoms with Crippen molar-refractivity contribution in [1.82, 2.24) is 48.7 Å². The lowest BCUT2D eigenvalue weighted by Gasteiger charge is -2.55. The van der Waals surface area contributed by atoms with Crippen LogP contribution >= 0.6 is 0 Å². The van der Waals surface area contributed by atoms with E-state index in [1.807, 2.05) is 29.2 Å². The molecule has 20 heteroatoms. The molecule has 4 aliphatic heterocycles. The molecule has 20 nitrogen and oxygen atoms in total. The second-order valence-electron chi connectivity index (χ2n) is 17.2. The van der Waals surface area contributed by atoms with Gasteiger partial charge < -0.3 is 40.0 Å². The van der Waals surface area contributed by atoms with Gasteiger partial charge in [0.25, 0.3) is 11.5 Å².